The molecule has 1 aliphatic heterocycles. The van der Waals surface area contributed by atoms with Gasteiger partial charge in [-0.15, -0.1) is 0 Å². The third-order valence-corrected chi connectivity index (χ3v) is 8.21. The normalized spacial score (nSPS) is 17.4. The molecule has 0 unspecified atom stereocenters. The number of hydrogen-bond acceptors (Lipinski definition) is 7. The molecule has 0 radical (unpaired) electrons. The molecule has 48 heavy (non-hydrogen) atoms. The Morgan fingerprint density at radius 3 is 2.48 bits per heavy atom. The number of nitrogen functional groups attached to an aromatic ring is 1. The number of anilines is 3. The number of fused-ring (bicyclic) bond motifs is 1. The number of likely N-dealkylation sites (N-methyl/N-ethyl adjacent to an activating group) is 1. The van der Waals surface area contributed by atoms with Crippen molar-refractivity contribution in [1.29, 1.82) is 0 Å². The van der Waals surface area contributed by atoms with Gasteiger partial charge < -0.3 is 31.1 Å². The van der Waals surface area contributed by atoms with E-state index in [1.54, 1.807) is 60.4 Å². The molecule has 0 bridgehead atoms. The maximum absolute atomic E-state index is 13.4. The molecule has 258 valence electrons. The average molecular weight is 670 g/mol. The lowest BCUT2D eigenvalue weighted by Gasteiger charge is -2.34. The summed E-state index contributed by atoms with van der Waals surface area (Å²) in [5.41, 5.74) is 9.11. The quantitative estimate of drug-likeness (QED) is 0.209. The van der Waals surface area contributed by atoms with E-state index in [0.29, 0.717) is 47.9 Å². The molecular weight excluding hydrogens is 627 g/mol. The maximum atomic E-state index is 13.4. The van der Waals surface area contributed by atoms with Crippen molar-refractivity contribution in [3.05, 3.63) is 83.4 Å². The monoisotopic (exact) mass is 669 g/mol. The molecule has 10 nitrogen and oxygen atoms in total. The molecule has 3 amide bonds. The van der Waals surface area contributed by atoms with E-state index in [-0.39, 0.29) is 36.4 Å². The van der Waals surface area contributed by atoms with Crippen molar-refractivity contribution >= 4 is 34.8 Å². The number of nitrogens with one attached hydrogen (secondary N) is 2. The molecule has 1 aliphatic rings. The number of nitrogens with two attached hydrogens (primary N) is 1. The average Bonchev–Trinajstić information content (AvgIpc) is 3.08. The standard InChI is InChI=1S/C35H42F3N5O5/c1-22-18-43(23(2)21-44)33(46)17-26-16-27(40-32(45)14-15-35(36,37)38)12-13-30(26)48-31(22)20-42(3)19-24-8-10-25(11-9-24)34(47)41-29-7-5-4-6-28(29)39/h4-13,16,22-23,31,44H,14-15,17-21,39H2,1-3H3,(H,40,45)(H,41,47)/t22-,23+,31-/m0/s1. The molecule has 13 heteroatoms. The number of alkyl halides is 3. The van der Waals surface area contributed by atoms with Crippen LogP contribution in [-0.4, -0.2) is 77.7 Å². The fraction of sp³-hybridized carbons (Fsp3) is 0.400. The molecule has 0 spiro atoms. The highest BCUT2D eigenvalue weighted by Crippen LogP contribution is 2.30. The summed E-state index contributed by atoms with van der Waals surface area (Å²) < 4.78 is 44.3. The number of hydrogen-bond donors (Lipinski definition) is 4. The number of carbonyl (C=O) groups excluding carboxylic acids is 3. The minimum atomic E-state index is -4.45. The number of amides is 3. The van der Waals surface area contributed by atoms with Gasteiger partial charge in [-0.2, -0.15) is 13.2 Å². The van der Waals surface area contributed by atoms with E-state index in [1.807, 2.05) is 26.1 Å². The molecule has 0 fully saturated rings. The predicted molar refractivity (Wildman–Crippen MR) is 177 cm³/mol. The van der Waals surface area contributed by atoms with Gasteiger partial charge in [0.1, 0.15) is 11.9 Å². The summed E-state index contributed by atoms with van der Waals surface area (Å²) in [5, 5.41) is 15.2. The Kier molecular flexibility index (Phi) is 12.1. The SMILES string of the molecule is C[C@H](CO)N1C[C@H](C)[C@H](CN(C)Cc2ccc(C(=O)Nc3ccccc3N)cc2)Oc2ccc(NC(=O)CCC(F)(F)F)cc2CC1=O. The zero-order valence-corrected chi connectivity index (χ0v) is 27.2. The van der Waals surface area contributed by atoms with Gasteiger partial charge >= 0.3 is 6.18 Å². The highest BCUT2D eigenvalue weighted by Gasteiger charge is 2.32. The lowest BCUT2D eigenvalue weighted by atomic mass is 10.0. The van der Waals surface area contributed by atoms with E-state index >= 15 is 0 Å². The molecule has 3 aromatic carbocycles. The fourth-order valence-electron chi connectivity index (χ4n) is 5.45. The van der Waals surface area contributed by atoms with Gasteiger partial charge in [0.15, 0.2) is 0 Å². The van der Waals surface area contributed by atoms with E-state index in [1.165, 1.54) is 6.07 Å². The summed E-state index contributed by atoms with van der Waals surface area (Å²) in [6.07, 6.45) is -6.90. The van der Waals surface area contributed by atoms with Crippen molar-refractivity contribution in [1.82, 2.24) is 9.80 Å². The molecule has 0 aromatic heterocycles. The second kappa shape index (κ2) is 16.0. The lowest BCUT2D eigenvalue weighted by molar-refractivity contribution is -0.142. The number of nitrogens with zero attached hydrogens (tertiary/aromatic N) is 2. The van der Waals surface area contributed by atoms with Crippen molar-refractivity contribution in [3.63, 3.8) is 0 Å². The number of rotatable bonds is 11. The second-order valence-electron chi connectivity index (χ2n) is 12.3. The van der Waals surface area contributed by atoms with Crippen LogP contribution in [0.1, 0.15) is 48.2 Å². The van der Waals surface area contributed by atoms with Crippen LogP contribution in [0.4, 0.5) is 30.2 Å². The first-order valence-corrected chi connectivity index (χ1v) is 15.7. The Morgan fingerprint density at radius 2 is 1.81 bits per heavy atom. The van der Waals surface area contributed by atoms with E-state index in [4.69, 9.17) is 10.5 Å². The fourth-order valence-corrected chi connectivity index (χ4v) is 5.45. The van der Waals surface area contributed by atoms with Gasteiger partial charge in [-0.3, -0.25) is 19.3 Å². The molecule has 0 saturated heterocycles. The third-order valence-electron chi connectivity index (χ3n) is 8.21. The number of para-hydroxylation sites is 2. The summed E-state index contributed by atoms with van der Waals surface area (Å²) >= 11 is 0. The van der Waals surface area contributed by atoms with E-state index in [2.05, 4.69) is 15.5 Å². The number of aliphatic hydroxyl groups excluding tert-OH is 1. The molecule has 3 atom stereocenters. The van der Waals surface area contributed by atoms with Crippen molar-refractivity contribution in [2.75, 3.05) is 43.1 Å². The van der Waals surface area contributed by atoms with Crippen LogP contribution < -0.4 is 21.1 Å². The van der Waals surface area contributed by atoms with Gasteiger partial charge in [0, 0.05) is 48.8 Å². The highest BCUT2D eigenvalue weighted by atomic mass is 19.4. The Labute approximate surface area is 278 Å². The van der Waals surface area contributed by atoms with Gasteiger partial charge in [-0.25, -0.2) is 0 Å². The van der Waals surface area contributed by atoms with Crippen LogP contribution >= 0.6 is 0 Å². The first kappa shape index (κ1) is 36.2. The van der Waals surface area contributed by atoms with Crippen LogP contribution in [0.3, 0.4) is 0 Å². The highest BCUT2D eigenvalue weighted by molar-refractivity contribution is 6.05. The smallest absolute Gasteiger partial charge is 0.389 e. The van der Waals surface area contributed by atoms with Crippen molar-refractivity contribution < 1.29 is 37.4 Å². The van der Waals surface area contributed by atoms with Crippen molar-refractivity contribution in [2.24, 2.45) is 5.92 Å². The summed E-state index contributed by atoms with van der Waals surface area (Å²) in [7, 11) is 1.93. The van der Waals surface area contributed by atoms with Crippen LogP contribution in [0.5, 0.6) is 5.75 Å². The van der Waals surface area contributed by atoms with Crippen LogP contribution in [0.25, 0.3) is 0 Å². The summed E-state index contributed by atoms with van der Waals surface area (Å²) in [6, 6.07) is 18.5. The molecule has 1 heterocycles. The van der Waals surface area contributed by atoms with Crippen LogP contribution in [0.15, 0.2) is 66.7 Å². The molecule has 3 aromatic rings. The molecule has 5 N–H and O–H groups in total. The Morgan fingerprint density at radius 1 is 1.10 bits per heavy atom. The van der Waals surface area contributed by atoms with Crippen LogP contribution in [0.2, 0.25) is 0 Å². The zero-order valence-electron chi connectivity index (χ0n) is 27.2. The number of ether oxygens (including phenoxy) is 1. The first-order chi connectivity index (χ1) is 22.7. The second-order valence-corrected chi connectivity index (χ2v) is 12.3. The van der Waals surface area contributed by atoms with Crippen molar-refractivity contribution in [2.45, 2.75) is 58.0 Å². The van der Waals surface area contributed by atoms with E-state index in [9.17, 15) is 32.7 Å². The van der Waals surface area contributed by atoms with E-state index in [0.717, 1.165) is 5.56 Å². The van der Waals surface area contributed by atoms with E-state index < -0.39 is 37.1 Å². The third kappa shape index (κ3) is 10.2. The maximum Gasteiger partial charge on any atom is 0.389 e. The Bertz CT molecular complexity index is 1580. The summed E-state index contributed by atoms with van der Waals surface area (Å²) in [5.74, 6) is -1.05. The van der Waals surface area contributed by atoms with Gasteiger partial charge in [0.2, 0.25) is 11.8 Å². The van der Waals surface area contributed by atoms with Gasteiger partial charge in [0.25, 0.3) is 5.91 Å². The topological polar surface area (TPSA) is 137 Å². The number of halogens is 3. The number of aliphatic hydroxyl groups is 1. The lowest BCUT2D eigenvalue weighted by Crippen LogP contribution is -2.47. The largest absolute Gasteiger partial charge is 0.488 e. The number of benzene rings is 3. The van der Waals surface area contributed by atoms with Crippen LogP contribution in [-0.2, 0) is 22.6 Å². The van der Waals surface area contributed by atoms with Gasteiger partial charge in [-0.1, -0.05) is 31.2 Å². The number of carbonyl (C=O) groups is 3. The molecule has 0 saturated carbocycles. The zero-order chi connectivity index (χ0) is 35.0. The Balaban J connectivity index is 1.48. The molecule has 0 aliphatic carbocycles. The first-order valence-electron chi connectivity index (χ1n) is 15.7. The molecule has 4 rings (SSSR count). The van der Waals surface area contributed by atoms with Crippen molar-refractivity contribution in [3.8, 4) is 5.75 Å². The van der Waals surface area contributed by atoms with Crippen LogP contribution in [0, 0.1) is 5.92 Å². The Hall–Kier alpha value is -4.62. The minimum Gasteiger partial charge on any atom is -0.488 e. The van der Waals surface area contributed by atoms with Gasteiger partial charge in [0.05, 0.1) is 36.9 Å². The summed E-state index contributed by atoms with van der Waals surface area (Å²) in [4.78, 5) is 42.0. The predicted octanol–water partition coefficient (Wildman–Crippen LogP) is 5.08. The minimum absolute atomic E-state index is 0.0853. The summed E-state index contributed by atoms with van der Waals surface area (Å²) in [6.45, 7) is 4.80. The molecular formula is C35H42F3N5O5. The van der Waals surface area contributed by atoms with Gasteiger partial charge in [-0.05, 0) is 62.0 Å².